The minimum Gasteiger partial charge on any atom is -0.493 e. The van der Waals surface area contributed by atoms with E-state index >= 15 is 0 Å². The summed E-state index contributed by atoms with van der Waals surface area (Å²) in [5.41, 5.74) is 3.91. The van der Waals surface area contributed by atoms with Crippen LogP contribution < -0.4 is 20.2 Å². The van der Waals surface area contributed by atoms with E-state index in [9.17, 15) is 9.59 Å². The van der Waals surface area contributed by atoms with E-state index in [1.54, 1.807) is 25.3 Å². The van der Waals surface area contributed by atoms with Gasteiger partial charge in [0.25, 0.3) is 0 Å². The molecule has 0 spiro atoms. The van der Waals surface area contributed by atoms with Gasteiger partial charge in [0.15, 0.2) is 11.5 Å². The fourth-order valence-corrected chi connectivity index (χ4v) is 2.92. The smallest absolute Gasteiger partial charge is 0.329 e. The highest BCUT2D eigenvalue weighted by atomic mass is 16.5. The standard InChI is InChI=1S/C24H23N3O4/c1-3-13-25-23(28)24(29)27-26-15-17-11-12-21(22(14-17)30-2)31-16-19-9-6-8-18-7-4-5-10-20(18)19/h3-12,14-15H,1,13,16H2,2H3,(H,25,28)(H,27,29)/b26-15-. The Bertz CT molecular complexity index is 1120. The third kappa shape index (κ3) is 5.70. The Labute approximate surface area is 180 Å². The Morgan fingerprint density at radius 1 is 1.03 bits per heavy atom. The van der Waals surface area contributed by atoms with Crippen LogP contribution in [0.15, 0.2) is 78.4 Å². The van der Waals surface area contributed by atoms with E-state index in [2.05, 4.69) is 40.6 Å². The molecule has 0 heterocycles. The second-order valence-corrected chi connectivity index (χ2v) is 6.54. The van der Waals surface area contributed by atoms with Crippen molar-refractivity contribution in [2.45, 2.75) is 6.61 Å². The fourth-order valence-electron chi connectivity index (χ4n) is 2.92. The number of benzene rings is 3. The Morgan fingerprint density at radius 3 is 2.65 bits per heavy atom. The molecule has 31 heavy (non-hydrogen) atoms. The van der Waals surface area contributed by atoms with Gasteiger partial charge in [-0.25, -0.2) is 5.43 Å². The number of methoxy groups -OCH3 is 1. The zero-order chi connectivity index (χ0) is 22.1. The number of amides is 2. The summed E-state index contributed by atoms with van der Waals surface area (Å²) in [5.74, 6) is -0.536. The van der Waals surface area contributed by atoms with E-state index < -0.39 is 11.8 Å². The van der Waals surface area contributed by atoms with Gasteiger partial charge < -0.3 is 14.8 Å². The van der Waals surface area contributed by atoms with Crippen molar-refractivity contribution in [3.05, 3.63) is 84.4 Å². The Morgan fingerprint density at radius 2 is 1.84 bits per heavy atom. The van der Waals surface area contributed by atoms with Crippen LogP contribution in [0.5, 0.6) is 11.5 Å². The summed E-state index contributed by atoms with van der Waals surface area (Å²) in [5, 5.41) is 8.46. The van der Waals surface area contributed by atoms with Gasteiger partial charge in [0.2, 0.25) is 0 Å². The molecule has 0 saturated heterocycles. The van der Waals surface area contributed by atoms with Crippen molar-refractivity contribution in [3.8, 4) is 11.5 Å². The number of carbonyl (C=O) groups excluding carboxylic acids is 2. The zero-order valence-corrected chi connectivity index (χ0v) is 17.1. The molecule has 0 atom stereocenters. The SMILES string of the molecule is C=CCNC(=O)C(=O)N/N=C\c1ccc(OCc2cccc3ccccc23)c(OC)c1. The van der Waals surface area contributed by atoms with E-state index in [4.69, 9.17) is 9.47 Å². The number of nitrogens with one attached hydrogen (secondary N) is 2. The second-order valence-electron chi connectivity index (χ2n) is 6.54. The predicted octanol–water partition coefficient (Wildman–Crippen LogP) is 3.18. The largest absolute Gasteiger partial charge is 0.493 e. The average molecular weight is 417 g/mol. The number of fused-ring (bicyclic) bond motifs is 1. The van der Waals surface area contributed by atoms with Crippen LogP contribution >= 0.6 is 0 Å². The average Bonchev–Trinajstić information content (AvgIpc) is 2.81. The fraction of sp³-hybridized carbons (Fsp3) is 0.125. The highest BCUT2D eigenvalue weighted by Crippen LogP contribution is 2.29. The minimum atomic E-state index is -0.861. The van der Waals surface area contributed by atoms with Crippen LogP contribution in [0.4, 0.5) is 0 Å². The summed E-state index contributed by atoms with van der Waals surface area (Å²) in [6.07, 6.45) is 2.89. The van der Waals surface area contributed by atoms with E-state index in [1.165, 1.54) is 12.3 Å². The van der Waals surface area contributed by atoms with Crippen molar-refractivity contribution in [3.63, 3.8) is 0 Å². The van der Waals surface area contributed by atoms with Gasteiger partial charge in [-0.15, -0.1) is 6.58 Å². The molecular formula is C24H23N3O4. The highest BCUT2D eigenvalue weighted by Gasteiger charge is 2.11. The van der Waals surface area contributed by atoms with Crippen LogP contribution in [0.3, 0.4) is 0 Å². The zero-order valence-electron chi connectivity index (χ0n) is 17.1. The molecule has 0 aromatic heterocycles. The van der Waals surface area contributed by atoms with Gasteiger partial charge in [-0.3, -0.25) is 9.59 Å². The topological polar surface area (TPSA) is 89.0 Å². The van der Waals surface area contributed by atoms with Gasteiger partial charge in [0.1, 0.15) is 6.61 Å². The van der Waals surface area contributed by atoms with Crippen LogP contribution in [0, 0.1) is 0 Å². The second kappa shape index (κ2) is 10.6. The maximum Gasteiger partial charge on any atom is 0.329 e. The van der Waals surface area contributed by atoms with Crippen molar-refractivity contribution >= 4 is 28.8 Å². The summed E-state index contributed by atoms with van der Waals surface area (Å²) >= 11 is 0. The first kappa shape index (κ1) is 21.6. The molecule has 0 radical (unpaired) electrons. The Hall–Kier alpha value is -4.13. The first-order valence-electron chi connectivity index (χ1n) is 9.62. The Balaban J connectivity index is 1.65. The molecule has 7 nitrogen and oxygen atoms in total. The number of nitrogens with zero attached hydrogens (tertiary/aromatic N) is 1. The lowest BCUT2D eigenvalue weighted by molar-refractivity contribution is -0.139. The molecule has 0 unspecified atom stereocenters. The molecule has 158 valence electrons. The predicted molar refractivity (Wildman–Crippen MR) is 120 cm³/mol. The summed E-state index contributed by atoms with van der Waals surface area (Å²) < 4.78 is 11.4. The third-order valence-corrected chi connectivity index (χ3v) is 4.44. The molecule has 0 aliphatic carbocycles. The van der Waals surface area contributed by atoms with Crippen molar-refractivity contribution in [1.29, 1.82) is 0 Å². The number of carbonyl (C=O) groups is 2. The van der Waals surface area contributed by atoms with Crippen LogP contribution in [0.2, 0.25) is 0 Å². The first-order chi connectivity index (χ1) is 15.1. The van der Waals surface area contributed by atoms with Crippen molar-refractivity contribution in [2.75, 3.05) is 13.7 Å². The number of hydrazone groups is 1. The normalized spacial score (nSPS) is 10.6. The van der Waals surface area contributed by atoms with Crippen molar-refractivity contribution in [2.24, 2.45) is 5.10 Å². The van der Waals surface area contributed by atoms with E-state index in [0.717, 1.165) is 16.3 Å². The summed E-state index contributed by atoms with van der Waals surface area (Å²) in [4.78, 5) is 23.1. The Kier molecular flexibility index (Phi) is 7.37. The molecule has 7 heteroatoms. The number of hydrogen-bond donors (Lipinski definition) is 2. The third-order valence-electron chi connectivity index (χ3n) is 4.44. The number of hydrogen-bond acceptors (Lipinski definition) is 5. The lowest BCUT2D eigenvalue weighted by Gasteiger charge is -2.12. The quantitative estimate of drug-likeness (QED) is 0.255. The van der Waals surface area contributed by atoms with Gasteiger partial charge >= 0.3 is 11.8 Å². The van der Waals surface area contributed by atoms with Gasteiger partial charge in [-0.1, -0.05) is 48.5 Å². The molecule has 2 N–H and O–H groups in total. The maximum absolute atomic E-state index is 11.6. The number of ether oxygens (including phenoxy) is 2. The monoisotopic (exact) mass is 417 g/mol. The summed E-state index contributed by atoms with van der Waals surface area (Å²) in [6.45, 7) is 4.05. The molecule has 2 amide bonds. The maximum atomic E-state index is 11.6. The van der Waals surface area contributed by atoms with E-state index in [-0.39, 0.29) is 6.54 Å². The molecule has 0 aliphatic heterocycles. The lowest BCUT2D eigenvalue weighted by atomic mass is 10.1. The molecule has 0 aliphatic rings. The van der Waals surface area contributed by atoms with E-state index in [0.29, 0.717) is 23.7 Å². The number of rotatable bonds is 8. The molecule has 0 saturated carbocycles. The molecule has 0 fully saturated rings. The van der Waals surface area contributed by atoms with Gasteiger partial charge in [-0.2, -0.15) is 5.10 Å². The minimum absolute atomic E-state index is 0.202. The molecule has 0 bridgehead atoms. The molecular weight excluding hydrogens is 394 g/mol. The summed E-state index contributed by atoms with van der Waals surface area (Å²) in [7, 11) is 1.55. The van der Waals surface area contributed by atoms with Crippen LogP contribution in [-0.4, -0.2) is 31.7 Å². The van der Waals surface area contributed by atoms with Gasteiger partial charge in [0, 0.05) is 6.54 Å². The first-order valence-corrected chi connectivity index (χ1v) is 9.62. The van der Waals surface area contributed by atoms with Crippen LogP contribution in [0.1, 0.15) is 11.1 Å². The van der Waals surface area contributed by atoms with E-state index in [1.807, 2.05) is 24.3 Å². The van der Waals surface area contributed by atoms with Crippen LogP contribution in [-0.2, 0) is 16.2 Å². The highest BCUT2D eigenvalue weighted by molar-refractivity contribution is 6.35. The lowest BCUT2D eigenvalue weighted by Crippen LogP contribution is -2.37. The van der Waals surface area contributed by atoms with Crippen molar-refractivity contribution < 1.29 is 19.1 Å². The van der Waals surface area contributed by atoms with Gasteiger partial charge in [0.05, 0.1) is 13.3 Å². The molecule has 3 aromatic carbocycles. The summed E-state index contributed by atoms with van der Waals surface area (Å²) in [6, 6.07) is 19.5. The molecule has 3 rings (SSSR count). The van der Waals surface area contributed by atoms with Crippen molar-refractivity contribution in [1.82, 2.24) is 10.7 Å². The van der Waals surface area contributed by atoms with Gasteiger partial charge in [-0.05, 0) is 40.1 Å². The molecule has 3 aromatic rings. The van der Waals surface area contributed by atoms with Crippen LogP contribution in [0.25, 0.3) is 10.8 Å².